The molecule has 27 heavy (non-hydrogen) atoms. The van der Waals surface area contributed by atoms with E-state index in [-0.39, 0.29) is 0 Å². The summed E-state index contributed by atoms with van der Waals surface area (Å²) in [5, 5.41) is 10.0. The summed E-state index contributed by atoms with van der Waals surface area (Å²) in [4.78, 5) is 27.0. The predicted molar refractivity (Wildman–Crippen MR) is 98.4 cm³/mol. The van der Waals surface area contributed by atoms with Crippen molar-refractivity contribution < 1.29 is 19.1 Å². The van der Waals surface area contributed by atoms with Gasteiger partial charge in [0.25, 0.3) is 11.8 Å². The highest BCUT2D eigenvalue weighted by Gasteiger charge is 2.55. The van der Waals surface area contributed by atoms with E-state index >= 15 is 0 Å². The first-order valence-electron chi connectivity index (χ1n) is 8.10. The highest BCUT2D eigenvalue weighted by Crippen LogP contribution is 2.37. The van der Waals surface area contributed by atoms with E-state index in [9.17, 15) is 9.59 Å². The zero-order valence-electron chi connectivity index (χ0n) is 14.5. The number of methoxy groups -OCH3 is 2. The summed E-state index contributed by atoms with van der Waals surface area (Å²) in [7, 11) is 2.99. The standard InChI is InChI=1S/C18H15ClN4O4/c1-26-13-7-12(8-14(9-13)27-2)22-17(24)15-16(18(22)25)23(21-20-15)11-5-3-10(19)4-6-11/h3-9,15-16H,1-2H3. The summed E-state index contributed by atoms with van der Waals surface area (Å²) in [6.07, 6.45) is 0. The van der Waals surface area contributed by atoms with Crippen molar-refractivity contribution in [2.24, 2.45) is 10.3 Å². The predicted octanol–water partition coefficient (Wildman–Crippen LogP) is 2.86. The number of hydrogen-bond donors (Lipinski definition) is 0. The van der Waals surface area contributed by atoms with Crippen LogP contribution in [0.1, 0.15) is 0 Å². The molecule has 0 aromatic heterocycles. The van der Waals surface area contributed by atoms with Crippen molar-refractivity contribution in [3.63, 3.8) is 0 Å². The third kappa shape index (κ3) is 2.78. The molecule has 0 aliphatic carbocycles. The molecule has 2 unspecified atom stereocenters. The second-order valence-corrected chi connectivity index (χ2v) is 6.43. The molecule has 2 atom stereocenters. The van der Waals surface area contributed by atoms with Crippen LogP contribution in [0.5, 0.6) is 11.5 Å². The van der Waals surface area contributed by atoms with Crippen LogP contribution in [-0.4, -0.2) is 38.1 Å². The molecular formula is C18H15ClN4O4. The quantitative estimate of drug-likeness (QED) is 0.754. The second kappa shape index (κ2) is 6.55. The molecule has 0 spiro atoms. The highest BCUT2D eigenvalue weighted by atomic mass is 35.5. The molecule has 2 heterocycles. The van der Waals surface area contributed by atoms with Crippen LogP contribution in [0, 0.1) is 0 Å². The first-order chi connectivity index (χ1) is 13.0. The van der Waals surface area contributed by atoms with Gasteiger partial charge in [-0.25, -0.2) is 9.91 Å². The van der Waals surface area contributed by atoms with E-state index in [1.165, 1.54) is 19.2 Å². The van der Waals surface area contributed by atoms with Gasteiger partial charge in [-0.2, -0.15) is 5.11 Å². The fourth-order valence-electron chi connectivity index (χ4n) is 3.14. The average molecular weight is 387 g/mol. The van der Waals surface area contributed by atoms with E-state index in [0.29, 0.717) is 27.9 Å². The van der Waals surface area contributed by atoms with Crippen molar-refractivity contribution in [1.29, 1.82) is 0 Å². The maximum Gasteiger partial charge on any atom is 0.263 e. The van der Waals surface area contributed by atoms with Crippen molar-refractivity contribution in [2.45, 2.75) is 12.1 Å². The first-order valence-corrected chi connectivity index (χ1v) is 8.47. The Kier molecular flexibility index (Phi) is 4.19. The molecule has 2 aromatic carbocycles. The number of fused-ring (bicyclic) bond motifs is 1. The van der Waals surface area contributed by atoms with Gasteiger partial charge in [0.05, 0.1) is 25.6 Å². The molecule has 0 saturated carbocycles. The van der Waals surface area contributed by atoms with Crippen LogP contribution in [0.15, 0.2) is 52.8 Å². The Bertz CT molecular complexity index is 925. The van der Waals surface area contributed by atoms with Gasteiger partial charge in [-0.3, -0.25) is 9.59 Å². The summed E-state index contributed by atoms with van der Waals surface area (Å²) in [5.74, 6) is 0.0807. The molecule has 138 valence electrons. The zero-order chi connectivity index (χ0) is 19.1. The van der Waals surface area contributed by atoms with Gasteiger partial charge in [-0.15, -0.1) is 0 Å². The fraction of sp³-hybridized carbons (Fsp3) is 0.222. The number of anilines is 2. The number of amides is 2. The smallest absolute Gasteiger partial charge is 0.263 e. The van der Waals surface area contributed by atoms with Crippen LogP contribution in [0.4, 0.5) is 11.4 Å². The molecule has 1 saturated heterocycles. The summed E-state index contributed by atoms with van der Waals surface area (Å²) in [6.45, 7) is 0. The molecule has 2 aliphatic rings. The fourth-order valence-corrected chi connectivity index (χ4v) is 3.27. The number of carbonyl (C=O) groups is 2. The molecule has 2 aliphatic heterocycles. The number of halogens is 1. The van der Waals surface area contributed by atoms with E-state index in [2.05, 4.69) is 10.3 Å². The zero-order valence-corrected chi connectivity index (χ0v) is 15.3. The van der Waals surface area contributed by atoms with Crippen LogP contribution in [0.3, 0.4) is 0 Å². The number of imide groups is 1. The summed E-state index contributed by atoms with van der Waals surface area (Å²) >= 11 is 5.92. The lowest BCUT2D eigenvalue weighted by molar-refractivity contribution is -0.121. The lowest BCUT2D eigenvalue weighted by Crippen LogP contribution is -2.39. The minimum absolute atomic E-state index is 0.363. The van der Waals surface area contributed by atoms with Gasteiger partial charge < -0.3 is 9.47 Å². The number of nitrogens with zero attached hydrogens (tertiary/aromatic N) is 4. The number of hydrogen-bond acceptors (Lipinski definition) is 7. The van der Waals surface area contributed by atoms with E-state index < -0.39 is 23.9 Å². The Labute approximate surface area is 159 Å². The van der Waals surface area contributed by atoms with Gasteiger partial charge in [0.1, 0.15) is 11.5 Å². The lowest BCUT2D eigenvalue weighted by Gasteiger charge is -2.21. The number of ether oxygens (including phenoxy) is 2. The highest BCUT2D eigenvalue weighted by molar-refractivity contribution is 6.30. The maximum atomic E-state index is 13.1. The lowest BCUT2D eigenvalue weighted by atomic mass is 10.1. The molecule has 9 heteroatoms. The molecule has 8 nitrogen and oxygen atoms in total. The van der Waals surface area contributed by atoms with Crippen LogP contribution < -0.4 is 19.4 Å². The number of rotatable bonds is 4. The molecule has 0 bridgehead atoms. The van der Waals surface area contributed by atoms with E-state index in [1.807, 2.05) is 0 Å². The van der Waals surface area contributed by atoms with Gasteiger partial charge in [0.15, 0.2) is 12.1 Å². The van der Waals surface area contributed by atoms with Crippen molar-refractivity contribution >= 4 is 34.8 Å². The third-order valence-corrected chi connectivity index (χ3v) is 4.72. The third-order valence-electron chi connectivity index (χ3n) is 4.47. The first kappa shape index (κ1) is 17.3. The van der Waals surface area contributed by atoms with Crippen LogP contribution in [0.2, 0.25) is 5.02 Å². The molecule has 1 fully saturated rings. The maximum absolute atomic E-state index is 13.1. The Morgan fingerprint density at radius 3 is 2.15 bits per heavy atom. The van der Waals surface area contributed by atoms with Gasteiger partial charge in [0, 0.05) is 23.2 Å². The molecule has 2 aromatic rings. The molecular weight excluding hydrogens is 372 g/mol. The molecule has 0 radical (unpaired) electrons. The van der Waals surface area contributed by atoms with Crippen LogP contribution >= 0.6 is 11.6 Å². The van der Waals surface area contributed by atoms with Crippen molar-refractivity contribution in [2.75, 3.05) is 24.1 Å². The number of benzene rings is 2. The van der Waals surface area contributed by atoms with Crippen molar-refractivity contribution in [3.05, 3.63) is 47.5 Å². The van der Waals surface area contributed by atoms with Gasteiger partial charge in [0.2, 0.25) is 0 Å². The molecule has 0 N–H and O–H groups in total. The monoisotopic (exact) mass is 386 g/mol. The van der Waals surface area contributed by atoms with E-state index in [1.54, 1.807) is 42.5 Å². The Balaban J connectivity index is 1.71. The molecule has 4 rings (SSSR count). The SMILES string of the molecule is COc1cc(OC)cc(N2C(=O)C3N=NN(c4ccc(Cl)cc4)C3C2=O)c1. The summed E-state index contributed by atoms with van der Waals surface area (Å²) in [6, 6.07) is 9.94. The topological polar surface area (TPSA) is 83.8 Å². The average Bonchev–Trinajstić information content (AvgIpc) is 3.22. The Morgan fingerprint density at radius 1 is 0.926 bits per heavy atom. The number of carbonyl (C=O) groups excluding carboxylic acids is 2. The normalized spacial score (nSPS) is 21.0. The van der Waals surface area contributed by atoms with Gasteiger partial charge >= 0.3 is 0 Å². The largest absolute Gasteiger partial charge is 0.497 e. The minimum atomic E-state index is -0.898. The van der Waals surface area contributed by atoms with Crippen LogP contribution in [-0.2, 0) is 9.59 Å². The summed E-state index contributed by atoms with van der Waals surface area (Å²) in [5.41, 5.74) is 0.990. The van der Waals surface area contributed by atoms with E-state index in [4.69, 9.17) is 21.1 Å². The van der Waals surface area contributed by atoms with Crippen molar-refractivity contribution in [1.82, 2.24) is 0 Å². The summed E-state index contributed by atoms with van der Waals surface area (Å²) < 4.78 is 10.5. The second-order valence-electron chi connectivity index (χ2n) is 6.00. The Morgan fingerprint density at radius 2 is 1.56 bits per heavy atom. The van der Waals surface area contributed by atoms with Crippen LogP contribution in [0.25, 0.3) is 0 Å². The van der Waals surface area contributed by atoms with Gasteiger partial charge in [-0.05, 0) is 24.3 Å². The minimum Gasteiger partial charge on any atom is -0.497 e. The van der Waals surface area contributed by atoms with Gasteiger partial charge in [-0.1, -0.05) is 16.8 Å². The molecule has 2 amide bonds. The van der Waals surface area contributed by atoms with E-state index in [0.717, 1.165) is 4.90 Å². The Hall–Kier alpha value is -3.13. The van der Waals surface area contributed by atoms with Crippen molar-refractivity contribution in [3.8, 4) is 11.5 Å².